The van der Waals surface area contributed by atoms with E-state index in [9.17, 15) is 9.18 Å². The maximum Gasteiger partial charge on any atom is 0.251 e. The summed E-state index contributed by atoms with van der Waals surface area (Å²) in [6, 6.07) is 4.30. The van der Waals surface area contributed by atoms with Crippen molar-refractivity contribution in [3.8, 4) is 0 Å². The monoisotopic (exact) mass is 208 g/mol. The molecule has 0 bridgehead atoms. The molecule has 0 spiro atoms. The molecule has 0 heterocycles. The number of hydrogen-bond donors (Lipinski definition) is 2. The van der Waals surface area contributed by atoms with Gasteiger partial charge in [0.25, 0.3) is 5.91 Å². The van der Waals surface area contributed by atoms with Crippen LogP contribution in [0.4, 0.5) is 4.39 Å². The molecule has 1 saturated carbocycles. The van der Waals surface area contributed by atoms with Crippen LogP contribution in [0.25, 0.3) is 0 Å². The van der Waals surface area contributed by atoms with Gasteiger partial charge in [-0.15, -0.1) is 0 Å². The van der Waals surface area contributed by atoms with Crippen molar-refractivity contribution in [2.24, 2.45) is 5.73 Å². The standard InChI is InChI=1S/C11H13FN2O/c1-6-2-3-7(12)4-8(6)11(15)14-10-5-9(10)13/h2-4,9-10H,5,13H2,1H3,(H,14,15). The Balaban J connectivity index is 2.14. The second-order valence-electron chi connectivity index (χ2n) is 3.94. The van der Waals surface area contributed by atoms with Crippen LogP contribution in [-0.4, -0.2) is 18.0 Å². The molecular weight excluding hydrogens is 195 g/mol. The van der Waals surface area contributed by atoms with E-state index in [2.05, 4.69) is 5.32 Å². The summed E-state index contributed by atoms with van der Waals surface area (Å²) in [7, 11) is 0. The number of nitrogens with two attached hydrogens (primary N) is 1. The minimum Gasteiger partial charge on any atom is -0.348 e. The quantitative estimate of drug-likeness (QED) is 0.760. The van der Waals surface area contributed by atoms with Gasteiger partial charge in [0.2, 0.25) is 0 Å². The third-order valence-corrected chi connectivity index (χ3v) is 2.60. The molecule has 1 aromatic rings. The highest BCUT2D eigenvalue weighted by atomic mass is 19.1. The maximum atomic E-state index is 12.9. The summed E-state index contributed by atoms with van der Waals surface area (Å²) in [5.41, 5.74) is 6.72. The number of aryl methyl sites for hydroxylation is 1. The number of carbonyl (C=O) groups is 1. The fourth-order valence-corrected chi connectivity index (χ4v) is 1.47. The van der Waals surface area contributed by atoms with Gasteiger partial charge in [0, 0.05) is 17.6 Å². The van der Waals surface area contributed by atoms with E-state index >= 15 is 0 Å². The molecule has 0 aromatic heterocycles. The van der Waals surface area contributed by atoms with Crippen molar-refractivity contribution < 1.29 is 9.18 Å². The van der Waals surface area contributed by atoms with Gasteiger partial charge in [0.05, 0.1) is 0 Å². The highest BCUT2D eigenvalue weighted by molar-refractivity contribution is 5.96. The second kappa shape index (κ2) is 3.62. The zero-order valence-electron chi connectivity index (χ0n) is 8.46. The average Bonchev–Trinajstić information content (AvgIpc) is 2.86. The normalized spacial score (nSPS) is 23.7. The van der Waals surface area contributed by atoms with E-state index in [1.54, 1.807) is 13.0 Å². The lowest BCUT2D eigenvalue weighted by Gasteiger charge is -2.06. The maximum absolute atomic E-state index is 12.9. The Morgan fingerprint density at radius 1 is 1.60 bits per heavy atom. The lowest BCUT2D eigenvalue weighted by Crippen LogP contribution is -2.30. The molecule has 1 fully saturated rings. The summed E-state index contributed by atoms with van der Waals surface area (Å²) in [6.07, 6.45) is 0.806. The van der Waals surface area contributed by atoms with Gasteiger partial charge in [-0.3, -0.25) is 4.79 Å². The molecule has 80 valence electrons. The van der Waals surface area contributed by atoms with Crippen LogP contribution in [0.15, 0.2) is 18.2 Å². The molecule has 15 heavy (non-hydrogen) atoms. The van der Waals surface area contributed by atoms with Crippen LogP contribution >= 0.6 is 0 Å². The molecule has 2 atom stereocenters. The van der Waals surface area contributed by atoms with Crippen molar-refractivity contribution in [2.75, 3.05) is 0 Å². The Morgan fingerprint density at radius 2 is 2.27 bits per heavy atom. The number of amides is 1. The molecule has 3 N–H and O–H groups in total. The largest absolute Gasteiger partial charge is 0.348 e. The van der Waals surface area contributed by atoms with Crippen molar-refractivity contribution in [1.29, 1.82) is 0 Å². The average molecular weight is 208 g/mol. The Hall–Kier alpha value is -1.42. The zero-order valence-corrected chi connectivity index (χ0v) is 8.46. The molecule has 1 aromatic carbocycles. The first kappa shape index (κ1) is 10.1. The van der Waals surface area contributed by atoms with E-state index in [1.165, 1.54) is 12.1 Å². The van der Waals surface area contributed by atoms with E-state index in [1.807, 2.05) is 0 Å². The summed E-state index contributed by atoms with van der Waals surface area (Å²) in [4.78, 5) is 11.7. The van der Waals surface area contributed by atoms with E-state index in [-0.39, 0.29) is 18.0 Å². The van der Waals surface area contributed by atoms with Crippen molar-refractivity contribution in [3.63, 3.8) is 0 Å². The highest BCUT2D eigenvalue weighted by Gasteiger charge is 2.35. The number of carbonyl (C=O) groups excluding carboxylic acids is 1. The first-order valence-corrected chi connectivity index (χ1v) is 4.90. The molecule has 0 radical (unpaired) electrons. The number of rotatable bonds is 2. The predicted octanol–water partition coefficient (Wildman–Crippen LogP) is 0.964. The van der Waals surface area contributed by atoms with Crippen LogP contribution in [0, 0.1) is 12.7 Å². The number of benzene rings is 1. The summed E-state index contributed by atoms with van der Waals surface area (Å²) in [5.74, 6) is -0.643. The van der Waals surface area contributed by atoms with Crippen LogP contribution in [-0.2, 0) is 0 Å². The van der Waals surface area contributed by atoms with E-state index < -0.39 is 5.82 Å². The van der Waals surface area contributed by atoms with Crippen molar-refractivity contribution in [1.82, 2.24) is 5.32 Å². The number of hydrogen-bond acceptors (Lipinski definition) is 2. The lowest BCUT2D eigenvalue weighted by atomic mass is 10.1. The van der Waals surface area contributed by atoms with Crippen LogP contribution in [0.1, 0.15) is 22.3 Å². The van der Waals surface area contributed by atoms with Crippen molar-refractivity contribution in [2.45, 2.75) is 25.4 Å². The molecule has 4 heteroatoms. The van der Waals surface area contributed by atoms with Gasteiger partial charge >= 0.3 is 0 Å². The van der Waals surface area contributed by atoms with E-state index in [0.717, 1.165) is 12.0 Å². The number of halogens is 1. The van der Waals surface area contributed by atoms with Gasteiger partial charge in [-0.25, -0.2) is 4.39 Å². The highest BCUT2D eigenvalue weighted by Crippen LogP contribution is 2.19. The Bertz CT molecular complexity index is 406. The second-order valence-corrected chi connectivity index (χ2v) is 3.94. The van der Waals surface area contributed by atoms with Gasteiger partial charge in [0.15, 0.2) is 0 Å². The van der Waals surface area contributed by atoms with Gasteiger partial charge in [-0.2, -0.15) is 0 Å². The Kier molecular flexibility index (Phi) is 2.44. The first-order chi connectivity index (χ1) is 7.08. The molecule has 0 aliphatic heterocycles. The molecule has 2 unspecified atom stereocenters. The summed E-state index contributed by atoms with van der Waals surface area (Å²) >= 11 is 0. The van der Waals surface area contributed by atoms with Gasteiger partial charge in [-0.1, -0.05) is 6.07 Å². The van der Waals surface area contributed by atoms with Crippen LogP contribution in [0.3, 0.4) is 0 Å². The van der Waals surface area contributed by atoms with Gasteiger partial charge in [-0.05, 0) is 31.0 Å². The third kappa shape index (κ3) is 2.15. The summed E-state index contributed by atoms with van der Waals surface area (Å²) in [5, 5.41) is 2.76. The predicted molar refractivity (Wildman–Crippen MR) is 55.0 cm³/mol. The molecule has 0 saturated heterocycles. The Labute approximate surface area is 87.5 Å². The van der Waals surface area contributed by atoms with Crippen molar-refractivity contribution >= 4 is 5.91 Å². The fraction of sp³-hybridized carbons (Fsp3) is 0.364. The van der Waals surface area contributed by atoms with Crippen LogP contribution < -0.4 is 11.1 Å². The molecule has 1 aliphatic carbocycles. The SMILES string of the molecule is Cc1ccc(F)cc1C(=O)NC1CC1N. The minimum absolute atomic E-state index is 0.0557. The van der Waals surface area contributed by atoms with Gasteiger partial charge < -0.3 is 11.1 Å². The molecule has 2 rings (SSSR count). The third-order valence-electron chi connectivity index (χ3n) is 2.60. The molecular formula is C11H13FN2O. The molecule has 1 amide bonds. The van der Waals surface area contributed by atoms with E-state index in [0.29, 0.717) is 5.56 Å². The topological polar surface area (TPSA) is 55.1 Å². The summed E-state index contributed by atoms with van der Waals surface area (Å²) < 4.78 is 12.9. The van der Waals surface area contributed by atoms with Crippen LogP contribution in [0.2, 0.25) is 0 Å². The zero-order chi connectivity index (χ0) is 11.0. The van der Waals surface area contributed by atoms with Gasteiger partial charge in [0.1, 0.15) is 5.82 Å². The number of nitrogens with one attached hydrogen (secondary N) is 1. The summed E-state index contributed by atoms with van der Waals surface area (Å²) in [6.45, 7) is 1.78. The van der Waals surface area contributed by atoms with E-state index in [4.69, 9.17) is 5.73 Å². The first-order valence-electron chi connectivity index (χ1n) is 4.90. The lowest BCUT2D eigenvalue weighted by molar-refractivity contribution is 0.0949. The molecule has 1 aliphatic rings. The van der Waals surface area contributed by atoms with Crippen LogP contribution in [0.5, 0.6) is 0 Å². The van der Waals surface area contributed by atoms with Crippen molar-refractivity contribution in [3.05, 3.63) is 35.1 Å². The fourth-order valence-electron chi connectivity index (χ4n) is 1.47. The smallest absolute Gasteiger partial charge is 0.251 e. The minimum atomic E-state index is -0.397. The Morgan fingerprint density at radius 3 is 2.87 bits per heavy atom. The molecule has 3 nitrogen and oxygen atoms in total.